The van der Waals surface area contributed by atoms with E-state index < -0.39 is 17.3 Å². The highest BCUT2D eigenvalue weighted by Gasteiger charge is 2.26. The van der Waals surface area contributed by atoms with Crippen molar-refractivity contribution >= 4 is 11.6 Å². The number of rotatable bonds is 2. The van der Waals surface area contributed by atoms with Crippen LogP contribution in [0.4, 0.5) is 0 Å². The summed E-state index contributed by atoms with van der Waals surface area (Å²) >= 11 is 0. The predicted molar refractivity (Wildman–Crippen MR) is 86.8 cm³/mol. The lowest BCUT2D eigenvalue weighted by molar-refractivity contribution is 0.0905. The minimum Gasteiger partial charge on any atom is -0.493 e. The average molecular weight is 315 g/mol. The summed E-state index contributed by atoms with van der Waals surface area (Å²) < 4.78 is 1.28. The van der Waals surface area contributed by atoms with E-state index in [0.717, 1.165) is 24.8 Å². The van der Waals surface area contributed by atoms with Gasteiger partial charge in [0.2, 0.25) is 5.88 Å². The number of nitrogens with one attached hydrogen (secondary N) is 1. The third-order valence-electron chi connectivity index (χ3n) is 4.62. The Kier molecular flexibility index (Phi) is 4.07. The molecule has 1 fully saturated rings. The molecule has 3 rings (SSSR count). The fourth-order valence-corrected chi connectivity index (χ4v) is 3.20. The van der Waals surface area contributed by atoms with Crippen LogP contribution in [-0.2, 0) is 0 Å². The second-order valence-corrected chi connectivity index (χ2v) is 6.39. The van der Waals surface area contributed by atoms with Gasteiger partial charge >= 0.3 is 0 Å². The van der Waals surface area contributed by atoms with Crippen LogP contribution < -0.4 is 10.9 Å². The van der Waals surface area contributed by atoms with E-state index in [4.69, 9.17) is 0 Å². The van der Waals surface area contributed by atoms with Gasteiger partial charge in [-0.05, 0) is 43.4 Å². The topological polar surface area (TPSA) is 83.7 Å². The third-order valence-corrected chi connectivity index (χ3v) is 4.62. The van der Waals surface area contributed by atoms with Crippen LogP contribution >= 0.6 is 0 Å². The summed E-state index contributed by atoms with van der Waals surface area (Å²) in [6, 6.07) is 3.48. The van der Waals surface area contributed by atoms with E-state index >= 15 is 0 Å². The lowest BCUT2D eigenvalue weighted by Crippen LogP contribution is -2.43. The number of nitrogens with zero attached hydrogens (tertiary/aromatic N) is 2. The molecule has 0 spiro atoms. The van der Waals surface area contributed by atoms with Gasteiger partial charge in [-0.25, -0.2) is 0 Å². The number of aromatic hydroxyl groups is 1. The van der Waals surface area contributed by atoms with E-state index in [9.17, 15) is 14.7 Å². The fraction of sp³-hybridized carbons (Fsp3) is 0.471. The van der Waals surface area contributed by atoms with Crippen LogP contribution in [0.3, 0.4) is 0 Å². The molecular weight excluding hydrogens is 294 g/mol. The van der Waals surface area contributed by atoms with Crippen LogP contribution in [0.1, 0.15) is 48.5 Å². The SMILES string of the molecule is Cc1ccn2c(=O)c(C(=O)N[C@@H]3CCCC[C@@H]3C)c(O)nc2c1. The highest BCUT2D eigenvalue weighted by atomic mass is 16.3. The number of pyridine rings is 1. The van der Waals surface area contributed by atoms with Crippen molar-refractivity contribution in [3.05, 3.63) is 39.8 Å². The molecule has 1 saturated carbocycles. The number of hydrogen-bond donors (Lipinski definition) is 2. The molecule has 0 aliphatic heterocycles. The summed E-state index contributed by atoms with van der Waals surface area (Å²) in [7, 11) is 0. The Bertz CT molecular complexity index is 813. The van der Waals surface area contributed by atoms with Crippen molar-refractivity contribution in [2.24, 2.45) is 5.92 Å². The van der Waals surface area contributed by atoms with Crippen LogP contribution in [0.25, 0.3) is 5.65 Å². The summed E-state index contributed by atoms with van der Waals surface area (Å²) in [6.45, 7) is 3.96. The van der Waals surface area contributed by atoms with Gasteiger partial charge < -0.3 is 10.4 Å². The van der Waals surface area contributed by atoms with E-state index in [0.29, 0.717) is 11.6 Å². The van der Waals surface area contributed by atoms with E-state index in [2.05, 4.69) is 17.2 Å². The Hall–Kier alpha value is -2.37. The van der Waals surface area contributed by atoms with E-state index in [1.54, 1.807) is 18.3 Å². The number of fused-ring (bicyclic) bond motifs is 1. The summed E-state index contributed by atoms with van der Waals surface area (Å²) in [5.41, 5.74) is 0.414. The lowest BCUT2D eigenvalue weighted by Gasteiger charge is -2.29. The van der Waals surface area contributed by atoms with Crippen LogP contribution in [0, 0.1) is 12.8 Å². The fourth-order valence-electron chi connectivity index (χ4n) is 3.20. The van der Waals surface area contributed by atoms with Crippen molar-refractivity contribution in [3.63, 3.8) is 0 Å². The van der Waals surface area contributed by atoms with Gasteiger partial charge in [0.05, 0.1) is 0 Å². The molecule has 2 atom stereocenters. The van der Waals surface area contributed by atoms with Crippen molar-refractivity contribution in [1.29, 1.82) is 0 Å². The zero-order valence-electron chi connectivity index (χ0n) is 13.4. The summed E-state index contributed by atoms with van der Waals surface area (Å²) in [4.78, 5) is 29.0. The van der Waals surface area contributed by atoms with Crippen LogP contribution in [0.15, 0.2) is 23.1 Å². The summed E-state index contributed by atoms with van der Waals surface area (Å²) in [6.07, 6.45) is 5.76. The highest BCUT2D eigenvalue weighted by Crippen LogP contribution is 2.24. The maximum atomic E-state index is 12.5. The predicted octanol–water partition coefficient (Wildman–Crippen LogP) is 2.02. The molecule has 0 bridgehead atoms. The van der Waals surface area contributed by atoms with Gasteiger partial charge in [-0.3, -0.25) is 14.0 Å². The Labute approximate surface area is 134 Å². The Morgan fingerprint density at radius 1 is 1.39 bits per heavy atom. The average Bonchev–Trinajstić information content (AvgIpc) is 2.49. The monoisotopic (exact) mass is 315 g/mol. The van der Waals surface area contributed by atoms with E-state index in [-0.39, 0.29) is 11.6 Å². The molecule has 6 heteroatoms. The summed E-state index contributed by atoms with van der Waals surface area (Å²) in [5.74, 6) is -0.691. The molecule has 2 heterocycles. The van der Waals surface area contributed by atoms with Gasteiger partial charge in [0.1, 0.15) is 5.65 Å². The number of carbonyl (C=O) groups excluding carboxylic acids is 1. The molecule has 2 N–H and O–H groups in total. The first-order valence-electron chi connectivity index (χ1n) is 8.00. The quantitative estimate of drug-likeness (QED) is 0.888. The van der Waals surface area contributed by atoms with Crippen molar-refractivity contribution < 1.29 is 9.90 Å². The van der Waals surface area contributed by atoms with Crippen LogP contribution in [0.2, 0.25) is 0 Å². The number of aryl methyl sites for hydroxylation is 1. The maximum Gasteiger partial charge on any atom is 0.274 e. The Balaban J connectivity index is 1.97. The lowest BCUT2D eigenvalue weighted by atomic mass is 9.86. The summed E-state index contributed by atoms with van der Waals surface area (Å²) in [5, 5.41) is 13.0. The smallest absolute Gasteiger partial charge is 0.274 e. The van der Waals surface area contributed by atoms with Crippen LogP contribution in [0.5, 0.6) is 5.88 Å². The standard InChI is InChI=1S/C17H21N3O3/c1-10-7-8-20-13(9-10)19-16(22)14(17(20)23)15(21)18-12-6-4-3-5-11(12)2/h7-9,11-12,22H,3-6H2,1-2H3,(H,18,21)/t11-,12+/m0/s1. The largest absolute Gasteiger partial charge is 0.493 e. The first kappa shape index (κ1) is 15.5. The van der Waals surface area contributed by atoms with Crippen molar-refractivity contribution in [1.82, 2.24) is 14.7 Å². The maximum absolute atomic E-state index is 12.5. The minimum atomic E-state index is -0.548. The first-order chi connectivity index (χ1) is 11.0. The zero-order valence-corrected chi connectivity index (χ0v) is 13.4. The second kappa shape index (κ2) is 6.02. The third kappa shape index (κ3) is 2.93. The van der Waals surface area contributed by atoms with Gasteiger partial charge in [0.15, 0.2) is 5.56 Å². The molecular formula is C17H21N3O3. The normalized spacial score (nSPS) is 21.3. The molecule has 1 aliphatic rings. The minimum absolute atomic E-state index is 0.0359. The molecule has 1 amide bonds. The molecule has 0 unspecified atom stereocenters. The van der Waals surface area contributed by atoms with E-state index in [1.165, 1.54) is 10.8 Å². The Morgan fingerprint density at radius 2 is 2.13 bits per heavy atom. The van der Waals surface area contributed by atoms with Gasteiger partial charge in [-0.1, -0.05) is 19.8 Å². The molecule has 2 aromatic rings. The first-order valence-corrected chi connectivity index (χ1v) is 8.00. The molecule has 1 aliphatic carbocycles. The van der Waals surface area contributed by atoms with E-state index in [1.807, 2.05) is 6.92 Å². The highest BCUT2D eigenvalue weighted by molar-refractivity contribution is 5.96. The Morgan fingerprint density at radius 3 is 2.87 bits per heavy atom. The molecule has 0 radical (unpaired) electrons. The molecule has 122 valence electrons. The van der Waals surface area contributed by atoms with Crippen molar-refractivity contribution in [2.75, 3.05) is 0 Å². The molecule has 6 nitrogen and oxygen atoms in total. The zero-order chi connectivity index (χ0) is 16.6. The number of carbonyl (C=O) groups is 1. The van der Waals surface area contributed by atoms with Gasteiger partial charge in [-0.2, -0.15) is 4.98 Å². The van der Waals surface area contributed by atoms with Crippen LogP contribution in [-0.4, -0.2) is 26.4 Å². The second-order valence-electron chi connectivity index (χ2n) is 6.39. The van der Waals surface area contributed by atoms with Gasteiger partial charge in [-0.15, -0.1) is 0 Å². The molecule has 0 aromatic carbocycles. The molecule has 0 saturated heterocycles. The number of amides is 1. The van der Waals surface area contributed by atoms with Crippen molar-refractivity contribution in [3.8, 4) is 5.88 Å². The van der Waals surface area contributed by atoms with Gasteiger partial charge in [0.25, 0.3) is 11.5 Å². The molecule has 2 aromatic heterocycles. The number of aromatic nitrogens is 2. The molecule has 23 heavy (non-hydrogen) atoms. The van der Waals surface area contributed by atoms with Gasteiger partial charge in [0, 0.05) is 12.2 Å². The number of hydrogen-bond acceptors (Lipinski definition) is 4. The van der Waals surface area contributed by atoms with Crippen molar-refractivity contribution in [2.45, 2.75) is 45.6 Å².